The lowest BCUT2D eigenvalue weighted by atomic mass is 10.1. The van der Waals surface area contributed by atoms with Gasteiger partial charge in [0, 0.05) is 38.9 Å². The molecule has 1 fully saturated rings. The second-order valence-electron chi connectivity index (χ2n) is 6.45. The fourth-order valence-electron chi connectivity index (χ4n) is 3.33. The number of nitrogens with zero attached hydrogens (tertiary/aromatic N) is 5. The van der Waals surface area contributed by atoms with Gasteiger partial charge < -0.3 is 9.80 Å². The lowest BCUT2D eigenvalue weighted by Crippen LogP contribution is -2.48. The number of para-hydroxylation sites is 1. The summed E-state index contributed by atoms with van der Waals surface area (Å²) in [5, 5.41) is 5.39. The first-order valence-corrected chi connectivity index (χ1v) is 9.97. The van der Waals surface area contributed by atoms with Gasteiger partial charge in [-0.3, -0.25) is 9.48 Å². The molecular formula is C19H23N5OS. The molecule has 7 heteroatoms. The quantitative estimate of drug-likeness (QED) is 0.709. The van der Waals surface area contributed by atoms with Crippen LogP contribution in [0.25, 0.3) is 10.2 Å². The Morgan fingerprint density at radius 2 is 1.96 bits per heavy atom. The average Bonchev–Trinajstić information content (AvgIpc) is 3.34. The number of hydrogen-bond acceptors (Lipinski definition) is 5. The van der Waals surface area contributed by atoms with Crippen molar-refractivity contribution in [2.45, 2.75) is 26.8 Å². The van der Waals surface area contributed by atoms with Gasteiger partial charge in [-0.05, 0) is 31.0 Å². The van der Waals surface area contributed by atoms with Gasteiger partial charge >= 0.3 is 0 Å². The van der Waals surface area contributed by atoms with Crippen molar-refractivity contribution < 1.29 is 4.79 Å². The van der Waals surface area contributed by atoms with Crippen molar-refractivity contribution in [1.82, 2.24) is 19.7 Å². The summed E-state index contributed by atoms with van der Waals surface area (Å²) in [6.45, 7) is 7.98. The lowest BCUT2D eigenvalue weighted by molar-refractivity contribution is 0.0740. The SMILES string of the molecule is CCc1cccc2sc(N3CCN(C(=O)c4ccn(CC)n4)CC3)nc12. The highest BCUT2D eigenvalue weighted by Gasteiger charge is 2.25. The Labute approximate surface area is 157 Å². The normalized spacial score (nSPS) is 15.0. The van der Waals surface area contributed by atoms with E-state index in [2.05, 4.69) is 35.1 Å². The van der Waals surface area contributed by atoms with Crippen LogP contribution >= 0.6 is 11.3 Å². The molecule has 6 nitrogen and oxygen atoms in total. The van der Waals surface area contributed by atoms with Crippen molar-refractivity contribution in [2.24, 2.45) is 0 Å². The monoisotopic (exact) mass is 369 g/mol. The number of rotatable bonds is 4. The number of piperazine rings is 1. The van der Waals surface area contributed by atoms with E-state index >= 15 is 0 Å². The van der Waals surface area contributed by atoms with E-state index in [1.807, 2.05) is 18.0 Å². The van der Waals surface area contributed by atoms with Gasteiger partial charge in [0.25, 0.3) is 5.91 Å². The summed E-state index contributed by atoms with van der Waals surface area (Å²) >= 11 is 1.74. The van der Waals surface area contributed by atoms with Crippen LogP contribution in [-0.2, 0) is 13.0 Å². The van der Waals surface area contributed by atoms with E-state index in [9.17, 15) is 4.79 Å². The molecule has 3 aromatic rings. The van der Waals surface area contributed by atoms with Crippen LogP contribution in [0.5, 0.6) is 0 Å². The molecule has 0 spiro atoms. The fraction of sp³-hybridized carbons (Fsp3) is 0.421. The molecule has 1 aromatic carbocycles. The van der Waals surface area contributed by atoms with E-state index in [-0.39, 0.29) is 5.91 Å². The first-order valence-electron chi connectivity index (χ1n) is 9.15. The first kappa shape index (κ1) is 17.0. The first-order chi connectivity index (χ1) is 12.7. The Balaban J connectivity index is 1.45. The number of carbonyl (C=O) groups excluding carboxylic acids is 1. The van der Waals surface area contributed by atoms with Crippen molar-refractivity contribution in [3.8, 4) is 0 Å². The molecule has 4 rings (SSSR count). The number of anilines is 1. The summed E-state index contributed by atoms with van der Waals surface area (Å²) in [7, 11) is 0. The van der Waals surface area contributed by atoms with E-state index in [4.69, 9.17) is 4.98 Å². The number of aryl methyl sites for hydroxylation is 2. The van der Waals surface area contributed by atoms with Crippen LogP contribution in [0.3, 0.4) is 0 Å². The Morgan fingerprint density at radius 3 is 2.65 bits per heavy atom. The van der Waals surface area contributed by atoms with Crippen LogP contribution in [0, 0.1) is 0 Å². The zero-order valence-corrected chi connectivity index (χ0v) is 16.0. The molecule has 1 aliphatic heterocycles. The van der Waals surface area contributed by atoms with Gasteiger partial charge in [0.15, 0.2) is 5.13 Å². The molecule has 2 aromatic heterocycles. The summed E-state index contributed by atoms with van der Waals surface area (Å²) in [5.41, 5.74) is 2.96. The predicted molar refractivity (Wildman–Crippen MR) is 105 cm³/mol. The highest BCUT2D eigenvalue weighted by atomic mass is 32.1. The summed E-state index contributed by atoms with van der Waals surface area (Å²) in [5.74, 6) is 0.0226. The van der Waals surface area contributed by atoms with E-state index in [0.717, 1.165) is 36.7 Å². The van der Waals surface area contributed by atoms with Gasteiger partial charge in [0.05, 0.1) is 10.2 Å². The third-order valence-corrected chi connectivity index (χ3v) is 5.97. The zero-order chi connectivity index (χ0) is 18.1. The summed E-state index contributed by atoms with van der Waals surface area (Å²) in [6.07, 6.45) is 2.85. The molecular weight excluding hydrogens is 346 g/mol. The second-order valence-corrected chi connectivity index (χ2v) is 7.46. The molecule has 0 saturated carbocycles. The summed E-state index contributed by atoms with van der Waals surface area (Å²) in [6, 6.07) is 8.20. The van der Waals surface area contributed by atoms with Crippen molar-refractivity contribution >= 4 is 32.6 Å². The Kier molecular flexibility index (Phi) is 4.63. The van der Waals surface area contributed by atoms with Crippen LogP contribution in [0.4, 0.5) is 5.13 Å². The maximum atomic E-state index is 12.6. The van der Waals surface area contributed by atoms with Crippen LogP contribution in [0.1, 0.15) is 29.9 Å². The fourth-order valence-corrected chi connectivity index (χ4v) is 4.39. The highest BCUT2D eigenvalue weighted by Crippen LogP contribution is 2.31. The molecule has 136 valence electrons. The molecule has 1 amide bonds. The number of thiazole rings is 1. The molecule has 0 unspecified atom stereocenters. The van der Waals surface area contributed by atoms with E-state index in [1.54, 1.807) is 22.1 Å². The third kappa shape index (κ3) is 3.07. The molecule has 3 heterocycles. The third-order valence-electron chi connectivity index (χ3n) is 4.89. The number of amides is 1. The Hall–Kier alpha value is -2.41. The minimum Gasteiger partial charge on any atom is -0.345 e. The zero-order valence-electron chi connectivity index (χ0n) is 15.2. The van der Waals surface area contributed by atoms with E-state index in [1.165, 1.54) is 10.3 Å². The number of aromatic nitrogens is 3. The smallest absolute Gasteiger partial charge is 0.274 e. The average molecular weight is 369 g/mol. The van der Waals surface area contributed by atoms with Gasteiger partial charge in [-0.1, -0.05) is 30.4 Å². The minimum absolute atomic E-state index is 0.0226. The lowest BCUT2D eigenvalue weighted by Gasteiger charge is -2.34. The number of hydrogen-bond donors (Lipinski definition) is 0. The summed E-state index contributed by atoms with van der Waals surface area (Å²) in [4.78, 5) is 21.7. The molecule has 0 atom stereocenters. The Morgan fingerprint density at radius 1 is 1.15 bits per heavy atom. The van der Waals surface area contributed by atoms with Gasteiger partial charge in [0.2, 0.25) is 0 Å². The second kappa shape index (κ2) is 7.07. The molecule has 1 saturated heterocycles. The van der Waals surface area contributed by atoms with Crippen LogP contribution < -0.4 is 4.90 Å². The number of benzene rings is 1. The molecule has 0 N–H and O–H groups in total. The maximum absolute atomic E-state index is 12.6. The minimum atomic E-state index is 0.0226. The predicted octanol–water partition coefficient (Wildman–Crippen LogP) is 3.04. The number of carbonyl (C=O) groups is 1. The molecule has 0 aliphatic carbocycles. The summed E-state index contributed by atoms with van der Waals surface area (Å²) < 4.78 is 3.03. The van der Waals surface area contributed by atoms with Crippen molar-refractivity contribution in [3.63, 3.8) is 0 Å². The van der Waals surface area contributed by atoms with Gasteiger partial charge in [-0.25, -0.2) is 4.98 Å². The van der Waals surface area contributed by atoms with Crippen LogP contribution in [0.2, 0.25) is 0 Å². The van der Waals surface area contributed by atoms with Crippen molar-refractivity contribution in [1.29, 1.82) is 0 Å². The highest BCUT2D eigenvalue weighted by molar-refractivity contribution is 7.22. The Bertz CT molecular complexity index is 923. The topological polar surface area (TPSA) is 54.3 Å². The standard InChI is InChI=1S/C19H23N5OS/c1-3-14-6-5-7-16-17(14)20-19(26-16)23-12-10-22(11-13-23)18(25)15-8-9-24(4-2)21-15/h5-9H,3-4,10-13H2,1-2H3. The van der Waals surface area contributed by atoms with Gasteiger partial charge in [-0.15, -0.1) is 0 Å². The number of fused-ring (bicyclic) bond motifs is 1. The maximum Gasteiger partial charge on any atom is 0.274 e. The van der Waals surface area contributed by atoms with Crippen molar-refractivity contribution in [2.75, 3.05) is 31.1 Å². The van der Waals surface area contributed by atoms with Gasteiger partial charge in [-0.2, -0.15) is 5.10 Å². The molecule has 1 aliphatic rings. The molecule has 0 bridgehead atoms. The molecule has 26 heavy (non-hydrogen) atoms. The van der Waals surface area contributed by atoms with E-state index in [0.29, 0.717) is 18.8 Å². The van der Waals surface area contributed by atoms with E-state index < -0.39 is 0 Å². The van der Waals surface area contributed by atoms with Crippen LogP contribution in [-0.4, -0.2) is 51.8 Å². The van der Waals surface area contributed by atoms with Crippen molar-refractivity contribution in [3.05, 3.63) is 41.7 Å². The largest absolute Gasteiger partial charge is 0.345 e. The molecule has 0 radical (unpaired) electrons. The van der Waals surface area contributed by atoms with Crippen LogP contribution in [0.15, 0.2) is 30.5 Å². The van der Waals surface area contributed by atoms with Gasteiger partial charge in [0.1, 0.15) is 5.69 Å².